The molecule has 0 saturated heterocycles. The van der Waals surface area contributed by atoms with Crippen molar-refractivity contribution < 1.29 is 5.11 Å². The van der Waals surface area contributed by atoms with Crippen molar-refractivity contribution in [1.29, 1.82) is 0 Å². The van der Waals surface area contributed by atoms with Crippen LogP contribution in [0.1, 0.15) is 66.0 Å². The van der Waals surface area contributed by atoms with Crippen molar-refractivity contribution in [3.63, 3.8) is 0 Å². The molecule has 2 aromatic carbocycles. The van der Waals surface area contributed by atoms with Gasteiger partial charge in [-0.3, -0.25) is 0 Å². The smallest absolute Gasteiger partial charge is 0.132 e. The molecule has 0 radical (unpaired) electrons. The second kappa shape index (κ2) is 6.84. The van der Waals surface area contributed by atoms with Crippen LogP contribution in [0, 0.1) is 0 Å². The van der Waals surface area contributed by atoms with Crippen molar-refractivity contribution in [1.82, 2.24) is 4.57 Å². The summed E-state index contributed by atoms with van der Waals surface area (Å²) in [6.45, 7) is 19.4. The van der Waals surface area contributed by atoms with Gasteiger partial charge in [-0.05, 0) is 52.6 Å². The van der Waals surface area contributed by atoms with Crippen LogP contribution in [0.4, 0.5) is 0 Å². The maximum atomic E-state index is 10.3. The number of aliphatic hydroxyl groups excluding tert-OH is 1. The highest BCUT2D eigenvalue weighted by Gasteiger charge is 2.21. The molecule has 1 N–H and O–H groups in total. The van der Waals surface area contributed by atoms with Gasteiger partial charge in [0.05, 0.1) is 16.7 Å². The number of aromatic nitrogens is 1. The van der Waals surface area contributed by atoms with Crippen LogP contribution in [0.25, 0.3) is 27.5 Å². The zero-order chi connectivity index (χ0) is 20.9. The first-order chi connectivity index (χ1) is 12.9. The fraction of sp³-hybridized carbons (Fsp3) is 0.385. The van der Waals surface area contributed by atoms with Crippen LogP contribution in [0.3, 0.4) is 0 Å². The van der Waals surface area contributed by atoms with Gasteiger partial charge in [0.15, 0.2) is 0 Å². The number of rotatable bonds is 3. The SMILES string of the molecule is C=C(O)/C(=C\CC)n1c2ccc(C(C)(C)C)cc2c2cc(C(C)(C)C)ccc21. The van der Waals surface area contributed by atoms with Crippen molar-refractivity contribution in [2.45, 2.75) is 65.7 Å². The van der Waals surface area contributed by atoms with Gasteiger partial charge >= 0.3 is 0 Å². The van der Waals surface area contributed by atoms with E-state index < -0.39 is 0 Å². The van der Waals surface area contributed by atoms with E-state index in [1.54, 1.807) is 0 Å². The van der Waals surface area contributed by atoms with E-state index in [-0.39, 0.29) is 16.6 Å². The molecule has 2 heteroatoms. The molecule has 0 aliphatic rings. The molecule has 0 unspecified atom stereocenters. The Labute approximate surface area is 169 Å². The molecule has 28 heavy (non-hydrogen) atoms. The van der Waals surface area contributed by atoms with Gasteiger partial charge in [0.1, 0.15) is 5.76 Å². The van der Waals surface area contributed by atoms with Gasteiger partial charge < -0.3 is 9.67 Å². The molecule has 0 aliphatic heterocycles. The number of hydrogen-bond donors (Lipinski definition) is 1. The van der Waals surface area contributed by atoms with Crippen molar-refractivity contribution in [3.05, 3.63) is 65.9 Å². The number of aliphatic hydroxyl groups is 1. The minimum Gasteiger partial charge on any atom is -0.506 e. The van der Waals surface area contributed by atoms with Gasteiger partial charge in [-0.15, -0.1) is 0 Å². The third-order valence-corrected chi connectivity index (χ3v) is 5.43. The molecule has 0 amide bonds. The Kier molecular flexibility index (Phi) is 4.95. The predicted octanol–water partition coefficient (Wildman–Crippen LogP) is 7.71. The van der Waals surface area contributed by atoms with Crippen LogP contribution < -0.4 is 0 Å². The third kappa shape index (κ3) is 3.48. The van der Waals surface area contributed by atoms with Crippen LogP contribution in [-0.2, 0) is 10.8 Å². The molecule has 1 aromatic heterocycles. The Morgan fingerprint density at radius 1 is 0.893 bits per heavy atom. The van der Waals surface area contributed by atoms with Crippen LogP contribution >= 0.6 is 0 Å². The highest BCUT2D eigenvalue weighted by molar-refractivity contribution is 6.11. The number of benzene rings is 2. The summed E-state index contributed by atoms with van der Waals surface area (Å²) in [6, 6.07) is 13.4. The quantitative estimate of drug-likeness (QED) is 0.368. The Balaban J connectivity index is 2.48. The fourth-order valence-corrected chi connectivity index (χ4v) is 3.75. The number of allylic oxidation sites excluding steroid dienone is 2. The zero-order valence-corrected chi connectivity index (χ0v) is 18.4. The summed E-state index contributed by atoms with van der Waals surface area (Å²) in [4.78, 5) is 0. The van der Waals surface area contributed by atoms with E-state index in [1.165, 1.54) is 21.9 Å². The van der Waals surface area contributed by atoms with E-state index in [0.717, 1.165) is 23.2 Å². The minimum absolute atomic E-state index is 0.0763. The first kappa shape index (κ1) is 20.3. The summed E-state index contributed by atoms with van der Waals surface area (Å²) in [5, 5.41) is 12.8. The van der Waals surface area contributed by atoms with Gasteiger partial charge in [0.2, 0.25) is 0 Å². The second-order valence-corrected chi connectivity index (χ2v) is 9.74. The largest absolute Gasteiger partial charge is 0.506 e. The molecular formula is C26H33NO. The maximum absolute atomic E-state index is 10.3. The molecule has 0 saturated carbocycles. The highest BCUT2D eigenvalue weighted by atomic mass is 16.3. The second-order valence-electron chi connectivity index (χ2n) is 9.74. The maximum Gasteiger partial charge on any atom is 0.132 e. The van der Waals surface area contributed by atoms with E-state index in [0.29, 0.717) is 0 Å². The Bertz CT molecular complexity index is 1010. The predicted molar refractivity (Wildman–Crippen MR) is 123 cm³/mol. The van der Waals surface area contributed by atoms with Gasteiger partial charge in [-0.25, -0.2) is 0 Å². The minimum atomic E-state index is 0.0763. The highest BCUT2D eigenvalue weighted by Crippen LogP contribution is 2.38. The van der Waals surface area contributed by atoms with E-state index in [1.807, 2.05) is 6.08 Å². The Morgan fingerprint density at radius 3 is 1.64 bits per heavy atom. The molecule has 0 bridgehead atoms. The monoisotopic (exact) mass is 375 g/mol. The Hall–Kier alpha value is -2.48. The lowest BCUT2D eigenvalue weighted by Gasteiger charge is -2.19. The van der Waals surface area contributed by atoms with E-state index >= 15 is 0 Å². The van der Waals surface area contributed by atoms with Crippen molar-refractivity contribution >= 4 is 27.5 Å². The standard InChI is InChI=1S/C26H33NO/c1-9-10-22(17(2)28)27-23-13-11-18(25(3,4)5)15-20(23)21-16-19(26(6,7)8)12-14-24(21)27/h10-16,28H,2,9H2,1,3-8H3/b22-10+. The summed E-state index contributed by atoms with van der Waals surface area (Å²) < 4.78 is 2.15. The molecule has 2 nitrogen and oxygen atoms in total. The van der Waals surface area contributed by atoms with Gasteiger partial charge in [0, 0.05) is 10.8 Å². The lowest BCUT2D eigenvalue weighted by atomic mass is 9.85. The van der Waals surface area contributed by atoms with Crippen molar-refractivity contribution in [3.8, 4) is 0 Å². The van der Waals surface area contributed by atoms with Gasteiger partial charge in [0.25, 0.3) is 0 Å². The lowest BCUT2D eigenvalue weighted by molar-refractivity contribution is 0.436. The van der Waals surface area contributed by atoms with Gasteiger partial charge in [-0.2, -0.15) is 0 Å². The molecule has 0 atom stereocenters. The average Bonchev–Trinajstić information content (AvgIpc) is 2.91. The average molecular weight is 376 g/mol. The summed E-state index contributed by atoms with van der Waals surface area (Å²) in [6.07, 6.45) is 2.87. The third-order valence-electron chi connectivity index (χ3n) is 5.43. The molecule has 3 rings (SSSR count). The summed E-state index contributed by atoms with van der Waals surface area (Å²) in [5.41, 5.74) is 5.73. The van der Waals surface area contributed by atoms with E-state index in [9.17, 15) is 5.11 Å². The van der Waals surface area contributed by atoms with Crippen LogP contribution in [-0.4, -0.2) is 9.67 Å². The number of nitrogens with zero attached hydrogens (tertiary/aromatic N) is 1. The number of fused-ring (bicyclic) bond motifs is 3. The van der Waals surface area contributed by atoms with Gasteiger partial charge in [-0.1, -0.05) is 73.3 Å². The molecular weight excluding hydrogens is 342 g/mol. The van der Waals surface area contributed by atoms with E-state index in [4.69, 9.17) is 0 Å². The molecule has 0 fully saturated rings. The van der Waals surface area contributed by atoms with Crippen molar-refractivity contribution in [2.24, 2.45) is 0 Å². The topological polar surface area (TPSA) is 25.2 Å². The summed E-state index contributed by atoms with van der Waals surface area (Å²) in [5.74, 6) is 0.0976. The van der Waals surface area contributed by atoms with Crippen LogP contribution in [0.5, 0.6) is 0 Å². The molecule has 148 valence electrons. The normalized spacial score (nSPS) is 13.5. The summed E-state index contributed by atoms with van der Waals surface area (Å²) in [7, 11) is 0. The summed E-state index contributed by atoms with van der Waals surface area (Å²) >= 11 is 0. The van der Waals surface area contributed by atoms with E-state index in [2.05, 4.69) is 96.0 Å². The molecule has 0 spiro atoms. The molecule has 1 heterocycles. The fourth-order valence-electron chi connectivity index (χ4n) is 3.75. The van der Waals surface area contributed by atoms with Crippen LogP contribution in [0.15, 0.2) is 54.8 Å². The molecule has 0 aliphatic carbocycles. The number of hydrogen-bond acceptors (Lipinski definition) is 1. The first-order valence-corrected chi connectivity index (χ1v) is 10.1. The lowest BCUT2D eigenvalue weighted by Crippen LogP contribution is -2.10. The molecule has 3 aromatic rings. The first-order valence-electron chi connectivity index (χ1n) is 10.1. The zero-order valence-electron chi connectivity index (χ0n) is 18.4. The van der Waals surface area contributed by atoms with Crippen LogP contribution in [0.2, 0.25) is 0 Å². The van der Waals surface area contributed by atoms with Crippen molar-refractivity contribution in [2.75, 3.05) is 0 Å². The Morgan fingerprint density at radius 2 is 1.32 bits per heavy atom.